The predicted octanol–water partition coefficient (Wildman–Crippen LogP) is 4.55. The third kappa shape index (κ3) is 5.22. The number of halogens is 2. The highest BCUT2D eigenvalue weighted by Crippen LogP contribution is 2.29. The van der Waals surface area contributed by atoms with Gasteiger partial charge in [0.15, 0.2) is 5.76 Å². The highest BCUT2D eigenvalue weighted by Gasteiger charge is 2.33. The van der Waals surface area contributed by atoms with Crippen molar-refractivity contribution in [1.82, 2.24) is 14.8 Å². The van der Waals surface area contributed by atoms with Crippen molar-refractivity contribution < 1.29 is 18.0 Å². The number of carbonyl (C=O) groups excluding carboxylic acids is 1. The third-order valence-electron chi connectivity index (χ3n) is 6.30. The first kappa shape index (κ1) is 22.1. The molecular formula is C25H27F2N3O2. The maximum absolute atomic E-state index is 14.4. The van der Waals surface area contributed by atoms with Gasteiger partial charge in [0.2, 0.25) is 0 Å². The number of hydrogen-bond acceptors (Lipinski definition) is 4. The maximum atomic E-state index is 14.4. The van der Waals surface area contributed by atoms with Crippen LogP contribution < -0.4 is 0 Å². The lowest BCUT2D eigenvalue weighted by Gasteiger charge is -2.40. The van der Waals surface area contributed by atoms with E-state index in [1.54, 1.807) is 30.3 Å². The molecule has 1 aromatic carbocycles. The van der Waals surface area contributed by atoms with Gasteiger partial charge >= 0.3 is 0 Å². The van der Waals surface area contributed by atoms with E-state index in [2.05, 4.69) is 16.0 Å². The summed E-state index contributed by atoms with van der Waals surface area (Å²) < 4.78 is 33.1. The molecule has 32 heavy (non-hydrogen) atoms. The molecule has 4 rings (SSSR count). The lowest BCUT2D eigenvalue weighted by atomic mass is 9.84. The second kappa shape index (κ2) is 10.0. The Morgan fingerprint density at radius 1 is 1.22 bits per heavy atom. The molecule has 5 nitrogen and oxygen atoms in total. The van der Waals surface area contributed by atoms with E-state index >= 15 is 0 Å². The van der Waals surface area contributed by atoms with Crippen molar-refractivity contribution in [2.45, 2.75) is 31.8 Å². The van der Waals surface area contributed by atoms with Crippen LogP contribution in [0, 0.1) is 17.6 Å². The van der Waals surface area contributed by atoms with Crippen LogP contribution in [0.15, 0.2) is 65.5 Å². The van der Waals surface area contributed by atoms with Gasteiger partial charge in [0.25, 0.3) is 5.91 Å². The third-order valence-corrected chi connectivity index (χ3v) is 6.30. The van der Waals surface area contributed by atoms with E-state index in [1.807, 2.05) is 12.3 Å². The predicted molar refractivity (Wildman–Crippen MR) is 117 cm³/mol. The Bertz CT molecular complexity index is 1020. The van der Waals surface area contributed by atoms with Crippen LogP contribution in [0.2, 0.25) is 0 Å². The molecule has 1 aliphatic rings. The summed E-state index contributed by atoms with van der Waals surface area (Å²) in [4.78, 5) is 21.2. The summed E-state index contributed by atoms with van der Waals surface area (Å²) in [6.45, 7) is 2.59. The smallest absolute Gasteiger partial charge is 0.289 e. The number of nitrogens with zero attached hydrogens (tertiary/aromatic N) is 3. The zero-order chi connectivity index (χ0) is 22.5. The molecule has 0 aliphatic carbocycles. The molecule has 1 atom stereocenters. The molecule has 3 aromatic rings. The molecule has 0 spiro atoms. The highest BCUT2D eigenvalue weighted by molar-refractivity contribution is 5.91. The Morgan fingerprint density at radius 3 is 2.69 bits per heavy atom. The quantitative estimate of drug-likeness (QED) is 0.542. The van der Waals surface area contributed by atoms with Crippen molar-refractivity contribution in [1.29, 1.82) is 0 Å². The minimum absolute atomic E-state index is 0.188. The molecule has 1 saturated heterocycles. The van der Waals surface area contributed by atoms with E-state index in [9.17, 15) is 13.6 Å². The Morgan fingerprint density at radius 2 is 2.03 bits per heavy atom. The van der Waals surface area contributed by atoms with E-state index in [1.165, 1.54) is 24.0 Å². The number of furan rings is 1. The molecule has 168 valence electrons. The molecule has 1 fully saturated rings. The normalized spacial score (nSPS) is 16.1. The first-order valence-corrected chi connectivity index (χ1v) is 10.9. The topological polar surface area (TPSA) is 49.6 Å². The molecule has 7 heteroatoms. The average Bonchev–Trinajstić information content (AvgIpc) is 3.34. The Labute approximate surface area is 186 Å². The van der Waals surface area contributed by atoms with Crippen LogP contribution in [0.3, 0.4) is 0 Å². The van der Waals surface area contributed by atoms with Gasteiger partial charge in [-0.05, 0) is 73.7 Å². The van der Waals surface area contributed by atoms with Gasteiger partial charge in [0, 0.05) is 38.1 Å². The first-order valence-electron chi connectivity index (χ1n) is 10.9. The largest absolute Gasteiger partial charge is 0.459 e. The number of hydrogen-bond donors (Lipinski definition) is 0. The minimum Gasteiger partial charge on any atom is -0.459 e. The van der Waals surface area contributed by atoms with Crippen molar-refractivity contribution in [3.8, 4) is 0 Å². The molecule has 1 unspecified atom stereocenters. The first-order chi connectivity index (χ1) is 15.5. The van der Waals surface area contributed by atoms with Gasteiger partial charge in [0.1, 0.15) is 11.6 Å². The second-order valence-electron chi connectivity index (χ2n) is 8.38. The number of amides is 1. The fourth-order valence-electron chi connectivity index (χ4n) is 4.50. The number of rotatable bonds is 7. The van der Waals surface area contributed by atoms with Crippen LogP contribution in [-0.4, -0.2) is 46.9 Å². The van der Waals surface area contributed by atoms with Crippen LogP contribution in [0.25, 0.3) is 0 Å². The number of carbonyl (C=O) groups is 1. The van der Waals surface area contributed by atoms with Gasteiger partial charge in [-0.15, -0.1) is 0 Å². The number of likely N-dealkylation sites (N-methyl/N-ethyl adjacent to an activating group) is 1. The van der Waals surface area contributed by atoms with E-state index < -0.39 is 11.6 Å². The molecule has 0 bridgehead atoms. The number of likely N-dealkylation sites (tertiary alicyclic amines) is 1. The molecular weight excluding hydrogens is 412 g/mol. The minimum atomic E-state index is -0.605. The van der Waals surface area contributed by atoms with Crippen LogP contribution in [0.1, 0.15) is 34.5 Å². The molecule has 2 aromatic heterocycles. The number of pyridine rings is 1. The van der Waals surface area contributed by atoms with Crippen LogP contribution in [-0.2, 0) is 13.0 Å². The zero-order valence-electron chi connectivity index (χ0n) is 18.1. The van der Waals surface area contributed by atoms with Crippen molar-refractivity contribution in [3.05, 3.63) is 89.6 Å². The molecule has 1 aliphatic heterocycles. The summed E-state index contributed by atoms with van der Waals surface area (Å²) in [6, 6.07) is 10.7. The van der Waals surface area contributed by atoms with Gasteiger partial charge in [-0.25, -0.2) is 8.78 Å². The van der Waals surface area contributed by atoms with E-state index in [-0.39, 0.29) is 23.6 Å². The average molecular weight is 440 g/mol. The zero-order valence-corrected chi connectivity index (χ0v) is 18.1. The summed E-state index contributed by atoms with van der Waals surface area (Å²) in [5.74, 6) is -0.977. The molecule has 0 N–H and O–H groups in total. The van der Waals surface area contributed by atoms with Crippen LogP contribution in [0.4, 0.5) is 8.78 Å². The monoisotopic (exact) mass is 439 g/mol. The van der Waals surface area contributed by atoms with E-state index in [0.717, 1.165) is 38.5 Å². The summed E-state index contributed by atoms with van der Waals surface area (Å²) in [7, 11) is 1.74. The Balaban J connectivity index is 1.49. The van der Waals surface area contributed by atoms with Crippen molar-refractivity contribution in [2.24, 2.45) is 5.92 Å². The fraction of sp³-hybridized carbons (Fsp3) is 0.360. The van der Waals surface area contributed by atoms with Gasteiger partial charge in [-0.3, -0.25) is 14.7 Å². The number of aromatic nitrogens is 1. The highest BCUT2D eigenvalue weighted by atomic mass is 19.1. The lowest BCUT2D eigenvalue weighted by molar-refractivity contribution is 0.0554. The van der Waals surface area contributed by atoms with Gasteiger partial charge in [-0.1, -0.05) is 12.1 Å². The second-order valence-corrected chi connectivity index (χ2v) is 8.38. The fourth-order valence-corrected chi connectivity index (χ4v) is 4.50. The summed E-state index contributed by atoms with van der Waals surface area (Å²) in [6.07, 6.45) is 7.19. The van der Waals surface area contributed by atoms with Crippen molar-refractivity contribution in [2.75, 3.05) is 20.1 Å². The number of piperidine rings is 1. The van der Waals surface area contributed by atoms with Gasteiger partial charge in [-0.2, -0.15) is 0 Å². The SMILES string of the molecule is CN(C(=O)c1ccco1)C(Cc1ccc(F)cc1F)C1CCN(Cc2cccnc2)CC1. The van der Waals surface area contributed by atoms with Gasteiger partial charge in [0.05, 0.1) is 6.26 Å². The van der Waals surface area contributed by atoms with Crippen molar-refractivity contribution in [3.63, 3.8) is 0 Å². The van der Waals surface area contributed by atoms with E-state index in [0.29, 0.717) is 12.0 Å². The van der Waals surface area contributed by atoms with Crippen LogP contribution >= 0.6 is 0 Å². The lowest BCUT2D eigenvalue weighted by Crippen LogP contribution is -2.47. The molecule has 0 saturated carbocycles. The van der Waals surface area contributed by atoms with Crippen molar-refractivity contribution >= 4 is 5.91 Å². The van der Waals surface area contributed by atoms with Gasteiger partial charge < -0.3 is 9.32 Å². The Kier molecular flexibility index (Phi) is 6.95. The summed E-state index contributed by atoms with van der Waals surface area (Å²) >= 11 is 0. The van der Waals surface area contributed by atoms with Crippen LogP contribution in [0.5, 0.6) is 0 Å². The number of benzene rings is 1. The summed E-state index contributed by atoms with van der Waals surface area (Å²) in [5, 5.41) is 0. The molecule has 3 heterocycles. The molecule has 0 radical (unpaired) electrons. The standard InChI is InChI=1S/C25H27F2N3O2/c1-29(25(31)24-5-3-13-32-24)23(14-20-6-7-21(26)15-22(20)27)19-8-11-30(12-9-19)17-18-4-2-10-28-16-18/h2-7,10,13,15-16,19,23H,8-9,11-12,14,17H2,1H3. The summed E-state index contributed by atoms with van der Waals surface area (Å²) in [5.41, 5.74) is 1.58. The molecule has 1 amide bonds. The van der Waals surface area contributed by atoms with E-state index in [4.69, 9.17) is 4.42 Å². The maximum Gasteiger partial charge on any atom is 0.289 e. The Hall–Kier alpha value is -3.06.